The Morgan fingerprint density at radius 2 is 1.62 bits per heavy atom. The zero-order chi connectivity index (χ0) is 24.0. The molecule has 2 aromatic carbocycles. The molecular weight excluding hydrogens is 488 g/mol. The van der Waals surface area contributed by atoms with Gasteiger partial charge in [0, 0.05) is 29.6 Å². The van der Waals surface area contributed by atoms with Gasteiger partial charge in [0.25, 0.3) is 5.56 Å². The van der Waals surface area contributed by atoms with Gasteiger partial charge in [-0.05, 0) is 35.4 Å². The number of hydrogen-bond acceptors (Lipinski definition) is 3. The molecule has 0 fully saturated rings. The van der Waals surface area contributed by atoms with Gasteiger partial charge in [-0.15, -0.1) is 0 Å². The Hall–Kier alpha value is -3.62. The van der Waals surface area contributed by atoms with Crippen LogP contribution in [-0.2, 0) is 6.18 Å². The van der Waals surface area contributed by atoms with Crippen LogP contribution in [0.25, 0.3) is 39.2 Å². The average molecular weight is 501 g/mol. The monoisotopic (exact) mass is 500 g/mol. The first-order chi connectivity index (χ1) is 16.2. The molecule has 0 aliphatic carbocycles. The van der Waals surface area contributed by atoms with Crippen LogP contribution in [0, 0.1) is 0 Å². The summed E-state index contributed by atoms with van der Waals surface area (Å²) >= 11 is 12.0. The molecule has 5 aromatic rings. The lowest BCUT2D eigenvalue weighted by Crippen LogP contribution is -2.15. The number of fused-ring (bicyclic) bond motifs is 1. The van der Waals surface area contributed by atoms with Gasteiger partial charge in [-0.25, -0.2) is 9.50 Å². The summed E-state index contributed by atoms with van der Waals surface area (Å²) in [6.45, 7) is 0. The highest BCUT2D eigenvalue weighted by Gasteiger charge is 2.38. The van der Waals surface area contributed by atoms with Gasteiger partial charge in [0.2, 0.25) is 0 Å². The molecule has 0 spiro atoms. The Kier molecular flexibility index (Phi) is 5.42. The number of H-pyrrole nitrogens is 1. The van der Waals surface area contributed by atoms with Crippen LogP contribution in [0.5, 0.6) is 0 Å². The normalized spacial score (nSPS) is 11.8. The number of alkyl halides is 3. The first kappa shape index (κ1) is 22.2. The van der Waals surface area contributed by atoms with Gasteiger partial charge in [0.05, 0.1) is 21.3 Å². The van der Waals surface area contributed by atoms with E-state index in [1.165, 1.54) is 24.3 Å². The summed E-state index contributed by atoms with van der Waals surface area (Å²) in [6, 6.07) is 16.1. The van der Waals surface area contributed by atoms with Gasteiger partial charge >= 0.3 is 6.18 Å². The first-order valence-corrected chi connectivity index (χ1v) is 10.7. The summed E-state index contributed by atoms with van der Waals surface area (Å²) < 4.78 is 42.5. The summed E-state index contributed by atoms with van der Waals surface area (Å²) in [7, 11) is 0. The molecule has 0 radical (unpaired) electrons. The van der Waals surface area contributed by atoms with Crippen LogP contribution in [0.2, 0.25) is 10.0 Å². The van der Waals surface area contributed by atoms with Gasteiger partial charge in [-0.3, -0.25) is 14.9 Å². The Morgan fingerprint density at radius 3 is 2.32 bits per heavy atom. The van der Waals surface area contributed by atoms with Gasteiger partial charge in [0.15, 0.2) is 5.65 Å². The molecule has 3 heterocycles. The number of hydrogen-bond donors (Lipinski definition) is 1. The quantitative estimate of drug-likeness (QED) is 0.298. The molecule has 5 rings (SSSR count). The highest BCUT2D eigenvalue weighted by Crippen LogP contribution is 2.40. The Morgan fingerprint density at radius 1 is 0.853 bits per heavy atom. The maximum Gasteiger partial charge on any atom is 0.433 e. The number of benzene rings is 2. The van der Waals surface area contributed by atoms with Crippen molar-refractivity contribution in [2.45, 2.75) is 6.18 Å². The Labute approximate surface area is 200 Å². The minimum atomic E-state index is -4.78. The molecule has 0 saturated carbocycles. The maximum atomic E-state index is 13.9. The van der Waals surface area contributed by atoms with Crippen LogP contribution < -0.4 is 5.56 Å². The number of nitrogens with one attached hydrogen (secondary N) is 1. The number of nitrogens with zero attached hydrogens (tertiary/aromatic N) is 3. The standard InChI is InChI=1S/C24H13Cl2F3N4O/c25-17-7-6-15(10-18(17)26)21-22(24(27,28)29)32-33-20(34)11-19(31-23(21)33)14-4-1-3-13(9-14)16-5-2-8-30-12-16/h1-12,32H. The molecule has 3 aromatic heterocycles. The fraction of sp³-hybridized carbons (Fsp3) is 0.0417. The van der Waals surface area contributed by atoms with Crippen molar-refractivity contribution in [1.29, 1.82) is 0 Å². The third-order valence-electron chi connectivity index (χ3n) is 5.26. The molecular formula is C24H13Cl2F3N4O. The fourth-order valence-electron chi connectivity index (χ4n) is 3.71. The van der Waals surface area contributed by atoms with Crippen LogP contribution in [0.3, 0.4) is 0 Å². The van der Waals surface area contributed by atoms with E-state index in [9.17, 15) is 18.0 Å². The number of aromatic nitrogens is 4. The van der Waals surface area contributed by atoms with E-state index in [0.29, 0.717) is 5.56 Å². The molecule has 0 unspecified atom stereocenters. The van der Waals surface area contributed by atoms with E-state index in [4.69, 9.17) is 23.2 Å². The van der Waals surface area contributed by atoms with Crippen molar-refractivity contribution >= 4 is 28.8 Å². The largest absolute Gasteiger partial charge is 0.433 e. The minimum absolute atomic E-state index is 0.0781. The van der Waals surface area contributed by atoms with Crippen LogP contribution in [0.1, 0.15) is 5.69 Å². The van der Waals surface area contributed by atoms with Crippen molar-refractivity contribution < 1.29 is 13.2 Å². The second-order valence-electron chi connectivity index (χ2n) is 7.45. The van der Waals surface area contributed by atoms with Crippen LogP contribution >= 0.6 is 23.2 Å². The third-order valence-corrected chi connectivity index (χ3v) is 6.00. The lowest BCUT2D eigenvalue weighted by atomic mass is 10.0. The highest BCUT2D eigenvalue weighted by molar-refractivity contribution is 6.42. The first-order valence-electron chi connectivity index (χ1n) is 9.91. The van der Waals surface area contributed by atoms with Crippen molar-refractivity contribution in [2.24, 2.45) is 0 Å². The van der Waals surface area contributed by atoms with Crippen molar-refractivity contribution in [3.05, 3.63) is 99.2 Å². The summed E-state index contributed by atoms with van der Waals surface area (Å²) in [6.07, 6.45) is -1.44. The SMILES string of the molecule is O=c1cc(-c2cccc(-c3cccnc3)c2)nc2c(-c3ccc(Cl)c(Cl)c3)c(C(F)(F)F)[nH]n12. The summed E-state index contributed by atoms with van der Waals surface area (Å²) in [5.41, 5.74) is 0.296. The molecule has 10 heteroatoms. The Balaban J connectivity index is 1.76. The molecule has 0 aliphatic rings. The van der Waals surface area contributed by atoms with Crippen molar-refractivity contribution in [2.75, 3.05) is 0 Å². The molecule has 170 valence electrons. The fourth-order valence-corrected chi connectivity index (χ4v) is 4.01. The average Bonchev–Trinajstić information content (AvgIpc) is 3.22. The molecule has 0 bridgehead atoms. The van der Waals surface area contributed by atoms with Crippen LogP contribution in [0.15, 0.2) is 77.9 Å². The summed E-state index contributed by atoms with van der Waals surface area (Å²) in [4.78, 5) is 21.4. The van der Waals surface area contributed by atoms with E-state index in [1.807, 2.05) is 12.1 Å². The molecule has 1 N–H and O–H groups in total. The van der Waals surface area contributed by atoms with E-state index in [1.54, 1.807) is 36.7 Å². The summed E-state index contributed by atoms with van der Waals surface area (Å²) in [5, 5.41) is 2.42. The van der Waals surface area contributed by atoms with E-state index < -0.39 is 17.4 Å². The molecule has 34 heavy (non-hydrogen) atoms. The zero-order valence-electron chi connectivity index (χ0n) is 17.1. The lowest BCUT2D eigenvalue weighted by molar-refractivity contribution is -0.140. The molecule has 0 saturated heterocycles. The van der Waals surface area contributed by atoms with Crippen LogP contribution in [-0.4, -0.2) is 19.6 Å². The second kappa shape index (κ2) is 8.30. The third kappa shape index (κ3) is 3.95. The zero-order valence-corrected chi connectivity index (χ0v) is 18.6. The van der Waals surface area contributed by atoms with E-state index in [2.05, 4.69) is 15.1 Å². The summed E-state index contributed by atoms with van der Waals surface area (Å²) in [5.74, 6) is 0. The van der Waals surface area contributed by atoms with Gasteiger partial charge in [0.1, 0.15) is 5.69 Å². The predicted molar refractivity (Wildman–Crippen MR) is 125 cm³/mol. The maximum absolute atomic E-state index is 13.9. The van der Waals surface area contributed by atoms with Crippen molar-refractivity contribution in [3.8, 4) is 33.5 Å². The Bertz CT molecular complexity index is 1590. The number of rotatable bonds is 3. The smallest absolute Gasteiger partial charge is 0.284 e. The molecule has 0 aliphatic heterocycles. The molecule has 0 amide bonds. The van der Waals surface area contributed by atoms with Crippen molar-refractivity contribution in [3.63, 3.8) is 0 Å². The topological polar surface area (TPSA) is 63.0 Å². The predicted octanol–water partition coefficient (Wildman–Crippen LogP) is 6.74. The number of pyridine rings is 1. The van der Waals surface area contributed by atoms with Crippen LogP contribution in [0.4, 0.5) is 13.2 Å². The second-order valence-corrected chi connectivity index (χ2v) is 8.26. The van der Waals surface area contributed by atoms with E-state index in [-0.39, 0.29) is 32.5 Å². The van der Waals surface area contributed by atoms with Crippen molar-refractivity contribution in [1.82, 2.24) is 19.6 Å². The number of aromatic amines is 1. The molecule has 5 nitrogen and oxygen atoms in total. The number of halogens is 5. The lowest BCUT2D eigenvalue weighted by Gasteiger charge is -2.09. The van der Waals surface area contributed by atoms with Gasteiger partial charge < -0.3 is 0 Å². The van der Waals surface area contributed by atoms with E-state index in [0.717, 1.165) is 15.6 Å². The highest BCUT2D eigenvalue weighted by atomic mass is 35.5. The minimum Gasteiger partial charge on any atom is -0.284 e. The van der Waals surface area contributed by atoms with E-state index >= 15 is 0 Å². The van der Waals surface area contributed by atoms with Gasteiger partial charge in [-0.2, -0.15) is 13.2 Å². The molecule has 0 atom stereocenters. The van der Waals surface area contributed by atoms with Gasteiger partial charge in [-0.1, -0.05) is 53.5 Å².